The van der Waals surface area contributed by atoms with E-state index in [4.69, 9.17) is 21.1 Å². The number of benzene rings is 2. The fourth-order valence-electron chi connectivity index (χ4n) is 2.61. The molecule has 0 atom stereocenters. The van der Waals surface area contributed by atoms with Crippen LogP contribution in [0.25, 0.3) is 10.9 Å². The number of carbonyl (C=O) groups excluding carboxylic acids is 1. The van der Waals surface area contributed by atoms with Crippen molar-refractivity contribution >= 4 is 50.6 Å². The van der Waals surface area contributed by atoms with Crippen molar-refractivity contribution in [1.29, 1.82) is 0 Å². The molecule has 3 aromatic rings. The molecular formula is C20H17BrClN3O4. The van der Waals surface area contributed by atoms with Crippen LogP contribution in [0.3, 0.4) is 0 Å². The quantitative estimate of drug-likeness (QED) is 0.396. The minimum atomic E-state index is -0.485. The number of halogens is 2. The molecule has 0 fully saturated rings. The fraction of sp³-hybridized carbons (Fsp3) is 0.200. The van der Waals surface area contributed by atoms with Crippen LogP contribution in [0.2, 0.25) is 5.02 Å². The minimum absolute atomic E-state index is 0.249. The van der Waals surface area contributed by atoms with Gasteiger partial charge in [0.15, 0.2) is 6.61 Å². The lowest BCUT2D eigenvalue weighted by Gasteiger charge is -2.09. The molecule has 0 aliphatic heterocycles. The summed E-state index contributed by atoms with van der Waals surface area (Å²) >= 11 is 9.43. The Morgan fingerprint density at radius 1 is 1.31 bits per heavy atom. The van der Waals surface area contributed by atoms with Crippen molar-refractivity contribution in [3.05, 3.63) is 67.6 Å². The molecule has 2 aromatic carbocycles. The van der Waals surface area contributed by atoms with Crippen LogP contribution in [0.4, 0.5) is 0 Å². The second-order valence-corrected chi connectivity index (χ2v) is 7.31. The summed E-state index contributed by atoms with van der Waals surface area (Å²) in [5.41, 5.74) is 0.784. The zero-order valence-corrected chi connectivity index (χ0v) is 18.0. The Bertz CT molecular complexity index is 1160. The summed E-state index contributed by atoms with van der Waals surface area (Å²) in [6.07, 6.45) is 1.44. The lowest BCUT2D eigenvalue weighted by molar-refractivity contribution is -0.145. The summed E-state index contributed by atoms with van der Waals surface area (Å²) in [5.74, 6) is 0.326. The standard InChI is InChI=1S/C20H17BrClN3O4/c1-3-28-19(26)11-29-18-7-5-15(22)8-13(18)10-23-25-12(2)24-17-6-4-14(21)9-16(17)20(25)27/h4-10H,3,11H2,1-2H3. The van der Waals surface area contributed by atoms with Gasteiger partial charge in [-0.3, -0.25) is 4.79 Å². The Morgan fingerprint density at radius 3 is 2.86 bits per heavy atom. The molecule has 1 heterocycles. The maximum Gasteiger partial charge on any atom is 0.344 e. The molecule has 0 aliphatic rings. The van der Waals surface area contributed by atoms with Crippen molar-refractivity contribution in [1.82, 2.24) is 9.66 Å². The number of fused-ring (bicyclic) bond motifs is 1. The summed E-state index contributed by atoms with van der Waals surface area (Å²) < 4.78 is 12.3. The van der Waals surface area contributed by atoms with E-state index < -0.39 is 5.97 Å². The van der Waals surface area contributed by atoms with Gasteiger partial charge in [-0.05, 0) is 50.2 Å². The van der Waals surface area contributed by atoms with E-state index in [1.54, 1.807) is 44.2 Å². The van der Waals surface area contributed by atoms with Crippen molar-refractivity contribution in [3.8, 4) is 5.75 Å². The van der Waals surface area contributed by atoms with Gasteiger partial charge in [-0.1, -0.05) is 27.5 Å². The van der Waals surface area contributed by atoms with Crippen molar-refractivity contribution in [2.75, 3.05) is 13.2 Å². The summed E-state index contributed by atoms with van der Waals surface area (Å²) in [4.78, 5) is 28.8. The normalized spacial score (nSPS) is 11.2. The first-order valence-corrected chi connectivity index (χ1v) is 9.87. The molecule has 7 nitrogen and oxygen atoms in total. The van der Waals surface area contributed by atoms with E-state index in [0.29, 0.717) is 33.1 Å². The van der Waals surface area contributed by atoms with Crippen LogP contribution in [0.1, 0.15) is 18.3 Å². The van der Waals surface area contributed by atoms with E-state index >= 15 is 0 Å². The monoisotopic (exact) mass is 477 g/mol. The number of carbonyl (C=O) groups is 1. The highest BCUT2D eigenvalue weighted by Gasteiger charge is 2.10. The molecule has 0 N–H and O–H groups in total. The zero-order valence-electron chi connectivity index (χ0n) is 15.7. The van der Waals surface area contributed by atoms with E-state index in [9.17, 15) is 9.59 Å². The van der Waals surface area contributed by atoms with Crippen LogP contribution in [-0.2, 0) is 9.53 Å². The van der Waals surface area contributed by atoms with Gasteiger partial charge in [-0.2, -0.15) is 9.78 Å². The number of hydrogen-bond acceptors (Lipinski definition) is 6. The first-order valence-electron chi connectivity index (χ1n) is 8.70. The third-order valence-electron chi connectivity index (χ3n) is 3.91. The number of aryl methyl sites for hydroxylation is 1. The van der Waals surface area contributed by atoms with Gasteiger partial charge in [0.05, 0.1) is 23.7 Å². The van der Waals surface area contributed by atoms with Crippen LogP contribution < -0.4 is 10.3 Å². The Hall–Kier alpha value is -2.71. The summed E-state index contributed by atoms with van der Waals surface area (Å²) in [7, 11) is 0. The molecule has 3 rings (SSSR count). The van der Waals surface area contributed by atoms with Gasteiger partial charge in [0, 0.05) is 15.1 Å². The number of aromatic nitrogens is 2. The van der Waals surface area contributed by atoms with Gasteiger partial charge in [-0.15, -0.1) is 0 Å². The lowest BCUT2D eigenvalue weighted by Crippen LogP contribution is -2.20. The molecule has 9 heteroatoms. The average Bonchev–Trinajstić information content (AvgIpc) is 2.68. The van der Waals surface area contributed by atoms with Crippen LogP contribution in [0.5, 0.6) is 5.75 Å². The second kappa shape index (κ2) is 9.19. The van der Waals surface area contributed by atoms with Gasteiger partial charge >= 0.3 is 5.97 Å². The Kier molecular flexibility index (Phi) is 6.66. The van der Waals surface area contributed by atoms with Crippen LogP contribution in [-0.4, -0.2) is 35.1 Å². The van der Waals surface area contributed by atoms with Crippen LogP contribution in [0.15, 0.2) is 50.8 Å². The molecule has 0 spiro atoms. The third kappa shape index (κ3) is 5.02. The third-order valence-corrected chi connectivity index (χ3v) is 4.63. The van der Waals surface area contributed by atoms with Crippen molar-refractivity contribution in [2.24, 2.45) is 5.10 Å². The zero-order chi connectivity index (χ0) is 21.0. The predicted molar refractivity (Wildman–Crippen MR) is 115 cm³/mol. The summed E-state index contributed by atoms with van der Waals surface area (Å²) in [6, 6.07) is 10.2. The minimum Gasteiger partial charge on any atom is -0.481 e. The van der Waals surface area contributed by atoms with Crippen LogP contribution in [0, 0.1) is 6.92 Å². The smallest absolute Gasteiger partial charge is 0.344 e. The maximum atomic E-state index is 12.8. The molecule has 29 heavy (non-hydrogen) atoms. The van der Waals surface area contributed by atoms with Crippen LogP contribution >= 0.6 is 27.5 Å². The van der Waals surface area contributed by atoms with Crippen molar-refractivity contribution in [3.63, 3.8) is 0 Å². The van der Waals surface area contributed by atoms with Crippen molar-refractivity contribution in [2.45, 2.75) is 13.8 Å². The number of ether oxygens (including phenoxy) is 2. The lowest BCUT2D eigenvalue weighted by atomic mass is 10.2. The SMILES string of the molecule is CCOC(=O)COc1ccc(Cl)cc1C=Nn1c(C)nc2ccc(Br)cc2c1=O. The molecule has 0 saturated carbocycles. The number of rotatable bonds is 6. The highest BCUT2D eigenvalue weighted by molar-refractivity contribution is 9.10. The van der Waals surface area contributed by atoms with Gasteiger partial charge in [0.25, 0.3) is 5.56 Å². The molecule has 1 aromatic heterocycles. The van der Waals surface area contributed by atoms with Gasteiger partial charge in [0.2, 0.25) is 0 Å². The highest BCUT2D eigenvalue weighted by Crippen LogP contribution is 2.22. The van der Waals surface area contributed by atoms with E-state index in [1.807, 2.05) is 6.07 Å². The van der Waals surface area contributed by atoms with E-state index in [1.165, 1.54) is 10.9 Å². The number of nitrogens with zero attached hydrogens (tertiary/aromatic N) is 3. The van der Waals surface area contributed by atoms with Gasteiger partial charge in [-0.25, -0.2) is 9.78 Å². The molecule has 0 aliphatic carbocycles. The summed E-state index contributed by atoms with van der Waals surface area (Å²) in [5, 5.41) is 5.16. The van der Waals surface area contributed by atoms with E-state index in [-0.39, 0.29) is 18.8 Å². The van der Waals surface area contributed by atoms with Crippen molar-refractivity contribution < 1.29 is 14.3 Å². The largest absolute Gasteiger partial charge is 0.481 e. The topological polar surface area (TPSA) is 82.8 Å². The highest BCUT2D eigenvalue weighted by atomic mass is 79.9. The predicted octanol–water partition coefficient (Wildman–Crippen LogP) is 3.94. The van der Waals surface area contributed by atoms with E-state index in [2.05, 4.69) is 26.0 Å². The number of esters is 1. The van der Waals surface area contributed by atoms with E-state index in [0.717, 1.165) is 4.47 Å². The first kappa shape index (κ1) is 21.0. The molecule has 0 radical (unpaired) electrons. The maximum absolute atomic E-state index is 12.8. The van der Waals surface area contributed by atoms with Gasteiger partial charge < -0.3 is 9.47 Å². The Labute approximate surface area is 180 Å². The molecular weight excluding hydrogens is 462 g/mol. The molecule has 0 saturated heterocycles. The molecule has 0 unspecified atom stereocenters. The van der Waals surface area contributed by atoms with Gasteiger partial charge in [0.1, 0.15) is 11.6 Å². The molecule has 0 bridgehead atoms. The average molecular weight is 479 g/mol. The molecule has 150 valence electrons. The molecule has 0 amide bonds. The fourth-order valence-corrected chi connectivity index (χ4v) is 3.15. The Balaban J connectivity index is 1.96. The number of hydrogen-bond donors (Lipinski definition) is 0. The summed E-state index contributed by atoms with van der Waals surface area (Å²) in [6.45, 7) is 3.43. The first-order chi connectivity index (χ1) is 13.9. The second-order valence-electron chi connectivity index (χ2n) is 5.96. The Morgan fingerprint density at radius 2 is 2.10 bits per heavy atom.